The maximum absolute atomic E-state index is 12.6. The molecule has 0 spiro atoms. The van der Waals surface area contributed by atoms with E-state index in [-0.39, 0.29) is 0 Å². The number of hydrogen-bond acceptors (Lipinski definition) is 3. The third-order valence-corrected chi connectivity index (χ3v) is 5.23. The number of aromatic nitrogens is 3. The number of aliphatic hydroxyl groups excluding tert-OH is 1. The Kier molecular flexibility index (Phi) is 4.40. The van der Waals surface area contributed by atoms with Gasteiger partial charge in [-0.15, -0.1) is 0 Å². The van der Waals surface area contributed by atoms with Gasteiger partial charge in [0.15, 0.2) is 6.10 Å². The van der Waals surface area contributed by atoms with Gasteiger partial charge in [0.25, 0.3) is 5.91 Å². The van der Waals surface area contributed by atoms with Gasteiger partial charge in [0.1, 0.15) is 0 Å². The molecule has 0 radical (unpaired) electrons. The van der Waals surface area contributed by atoms with Crippen molar-refractivity contribution in [2.75, 3.05) is 14.1 Å². The highest BCUT2D eigenvalue weighted by atomic mass is 35.5. The van der Waals surface area contributed by atoms with Crippen LogP contribution in [-0.2, 0) is 11.8 Å². The van der Waals surface area contributed by atoms with Crippen LogP contribution in [0.1, 0.15) is 17.4 Å². The molecule has 1 unspecified atom stereocenters. The van der Waals surface area contributed by atoms with E-state index in [1.807, 2.05) is 53.3 Å². The molecule has 0 bridgehead atoms. The first kappa shape index (κ1) is 18.5. The number of halogens is 1. The third-order valence-electron chi connectivity index (χ3n) is 4.98. The Bertz CT molecular complexity index is 1210. The van der Waals surface area contributed by atoms with Crippen molar-refractivity contribution in [1.82, 2.24) is 18.9 Å². The molecule has 4 aromatic rings. The van der Waals surface area contributed by atoms with E-state index in [0.717, 1.165) is 22.2 Å². The summed E-state index contributed by atoms with van der Waals surface area (Å²) in [5, 5.41) is 11.6. The second-order valence-electron chi connectivity index (χ2n) is 7.17. The minimum Gasteiger partial charge on any atom is -0.377 e. The average molecular weight is 397 g/mol. The average Bonchev–Trinajstić information content (AvgIpc) is 3.17. The number of nitrogens with zero attached hydrogens (tertiary/aromatic N) is 4. The van der Waals surface area contributed by atoms with Gasteiger partial charge in [0.05, 0.1) is 22.4 Å². The van der Waals surface area contributed by atoms with Gasteiger partial charge in [0.2, 0.25) is 5.78 Å². The second kappa shape index (κ2) is 6.65. The predicted molar refractivity (Wildman–Crippen MR) is 111 cm³/mol. The zero-order valence-corrected chi connectivity index (χ0v) is 16.9. The van der Waals surface area contributed by atoms with Crippen LogP contribution in [0.3, 0.4) is 0 Å². The standard InChI is InChI=1S/C21H21ClN4O2/c1-12-5-10-15-16(11-12)26-18(19(27)20(28)24(2)3)17(23-21(26)25(15)4)13-6-8-14(22)9-7-13/h5-11,19,27H,1-4H3. The number of aliphatic hydroxyl groups is 1. The number of carbonyl (C=O) groups excluding carboxylic acids is 1. The van der Waals surface area contributed by atoms with Crippen LogP contribution >= 0.6 is 11.6 Å². The first-order chi connectivity index (χ1) is 13.3. The number of benzene rings is 2. The lowest BCUT2D eigenvalue weighted by atomic mass is 10.1. The Balaban J connectivity index is 2.10. The van der Waals surface area contributed by atoms with Crippen LogP contribution in [0.15, 0.2) is 42.5 Å². The first-order valence-electron chi connectivity index (χ1n) is 8.92. The maximum atomic E-state index is 12.6. The highest BCUT2D eigenvalue weighted by Gasteiger charge is 2.30. The largest absolute Gasteiger partial charge is 0.377 e. The van der Waals surface area contributed by atoms with Crippen LogP contribution in [0, 0.1) is 6.92 Å². The minimum atomic E-state index is -1.35. The molecule has 0 saturated heterocycles. The van der Waals surface area contributed by atoms with E-state index in [2.05, 4.69) is 0 Å². The fourth-order valence-electron chi connectivity index (χ4n) is 3.52. The van der Waals surface area contributed by atoms with Gasteiger partial charge >= 0.3 is 0 Å². The van der Waals surface area contributed by atoms with E-state index in [0.29, 0.717) is 22.2 Å². The smallest absolute Gasteiger partial charge is 0.257 e. The molecular formula is C21H21ClN4O2. The molecule has 28 heavy (non-hydrogen) atoms. The van der Waals surface area contributed by atoms with Crippen molar-refractivity contribution >= 4 is 34.3 Å². The Morgan fingerprint density at radius 1 is 1.14 bits per heavy atom. The van der Waals surface area contributed by atoms with Crippen LogP contribution in [-0.4, -0.2) is 44.0 Å². The van der Waals surface area contributed by atoms with Crippen LogP contribution in [0.25, 0.3) is 28.1 Å². The van der Waals surface area contributed by atoms with E-state index < -0.39 is 12.0 Å². The first-order valence-corrected chi connectivity index (χ1v) is 9.30. The summed E-state index contributed by atoms with van der Waals surface area (Å²) in [4.78, 5) is 18.8. The number of amides is 1. The number of fused-ring (bicyclic) bond motifs is 3. The summed E-state index contributed by atoms with van der Waals surface area (Å²) in [6.45, 7) is 2.01. The molecule has 2 aromatic heterocycles. The number of carbonyl (C=O) groups is 1. The normalized spacial score (nSPS) is 12.6. The van der Waals surface area contributed by atoms with E-state index in [4.69, 9.17) is 16.6 Å². The number of rotatable bonds is 3. The summed E-state index contributed by atoms with van der Waals surface area (Å²) in [6, 6.07) is 13.3. The van der Waals surface area contributed by atoms with Crippen molar-refractivity contribution in [3.8, 4) is 11.3 Å². The van der Waals surface area contributed by atoms with E-state index in [9.17, 15) is 9.90 Å². The SMILES string of the molecule is Cc1ccc2c(c1)n1c(C(O)C(=O)N(C)C)c(-c3ccc(Cl)cc3)nc1n2C. The molecule has 6 nitrogen and oxygen atoms in total. The van der Waals surface area contributed by atoms with Crippen molar-refractivity contribution < 1.29 is 9.90 Å². The monoisotopic (exact) mass is 396 g/mol. The summed E-state index contributed by atoms with van der Waals surface area (Å²) < 4.78 is 3.84. The molecular weight excluding hydrogens is 376 g/mol. The number of likely N-dealkylation sites (N-methyl/N-ethyl adjacent to an activating group) is 1. The van der Waals surface area contributed by atoms with Crippen molar-refractivity contribution in [2.24, 2.45) is 7.05 Å². The summed E-state index contributed by atoms with van der Waals surface area (Å²) in [5.74, 6) is 0.257. The summed E-state index contributed by atoms with van der Waals surface area (Å²) >= 11 is 6.03. The van der Waals surface area contributed by atoms with Crippen LogP contribution < -0.4 is 0 Å². The lowest BCUT2D eigenvalue weighted by molar-refractivity contribution is -0.138. The highest BCUT2D eigenvalue weighted by molar-refractivity contribution is 6.30. The number of aryl methyl sites for hydroxylation is 2. The lowest BCUT2D eigenvalue weighted by Crippen LogP contribution is -2.29. The zero-order valence-electron chi connectivity index (χ0n) is 16.1. The molecule has 0 aliphatic heterocycles. The zero-order chi connectivity index (χ0) is 20.2. The summed E-state index contributed by atoms with van der Waals surface area (Å²) in [6.07, 6.45) is -1.35. The quantitative estimate of drug-likeness (QED) is 0.575. The van der Waals surface area contributed by atoms with E-state index in [1.54, 1.807) is 26.2 Å². The molecule has 2 heterocycles. The van der Waals surface area contributed by atoms with Crippen molar-refractivity contribution in [3.63, 3.8) is 0 Å². The van der Waals surface area contributed by atoms with Crippen LogP contribution in [0.4, 0.5) is 0 Å². The number of imidazole rings is 2. The Morgan fingerprint density at radius 3 is 2.46 bits per heavy atom. The predicted octanol–water partition coefficient (Wildman–Crippen LogP) is 3.58. The van der Waals surface area contributed by atoms with Gasteiger partial charge in [0, 0.05) is 31.7 Å². The molecule has 1 atom stereocenters. The van der Waals surface area contributed by atoms with Gasteiger partial charge in [-0.1, -0.05) is 29.8 Å². The molecule has 0 aliphatic carbocycles. The molecule has 0 saturated carbocycles. The molecule has 144 valence electrons. The molecule has 1 N–H and O–H groups in total. The summed E-state index contributed by atoms with van der Waals surface area (Å²) in [5.41, 5.74) is 4.75. The topological polar surface area (TPSA) is 62.8 Å². The highest BCUT2D eigenvalue weighted by Crippen LogP contribution is 2.34. The van der Waals surface area contributed by atoms with Gasteiger partial charge in [-0.2, -0.15) is 0 Å². The Hall–Kier alpha value is -2.83. The maximum Gasteiger partial charge on any atom is 0.257 e. The van der Waals surface area contributed by atoms with Crippen LogP contribution in [0.2, 0.25) is 5.02 Å². The van der Waals surface area contributed by atoms with Gasteiger partial charge in [-0.25, -0.2) is 4.98 Å². The molecule has 0 fully saturated rings. The molecule has 0 aliphatic rings. The fourth-order valence-corrected chi connectivity index (χ4v) is 3.65. The summed E-state index contributed by atoms with van der Waals surface area (Å²) in [7, 11) is 5.17. The van der Waals surface area contributed by atoms with Gasteiger partial charge in [-0.05, 0) is 36.8 Å². The minimum absolute atomic E-state index is 0.401. The van der Waals surface area contributed by atoms with E-state index in [1.165, 1.54) is 4.90 Å². The molecule has 2 aromatic carbocycles. The Morgan fingerprint density at radius 2 is 1.82 bits per heavy atom. The Labute approximate surface area is 167 Å². The second-order valence-corrected chi connectivity index (χ2v) is 7.61. The van der Waals surface area contributed by atoms with Crippen molar-refractivity contribution in [1.29, 1.82) is 0 Å². The molecule has 7 heteroatoms. The third kappa shape index (κ3) is 2.77. The van der Waals surface area contributed by atoms with Crippen molar-refractivity contribution in [2.45, 2.75) is 13.0 Å². The molecule has 4 rings (SSSR count). The van der Waals surface area contributed by atoms with Gasteiger partial charge < -0.3 is 14.6 Å². The molecule has 1 amide bonds. The van der Waals surface area contributed by atoms with Gasteiger partial charge in [-0.3, -0.25) is 9.20 Å². The van der Waals surface area contributed by atoms with Crippen molar-refractivity contribution in [3.05, 3.63) is 58.7 Å². The van der Waals surface area contributed by atoms with E-state index >= 15 is 0 Å². The van der Waals surface area contributed by atoms with Crippen LogP contribution in [0.5, 0.6) is 0 Å². The fraction of sp³-hybridized carbons (Fsp3) is 0.238. The lowest BCUT2D eigenvalue weighted by Gasteiger charge is -2.17. The number of hydrogen-bond donors (Lipinski definition) is 1.